The maximum Gasteiger partial charge on any atom is 0.146 e. The number of thiophene rings is 1. The van der Waals surface area contributed by atoms with Crippen molar-refractivity contribution >= 4 is 28.8 Å². The lowest BCUT2D eigenvalue weighted by molar-refractivity contribution is 0.782. The minimum atomic E-state index is 0.530. The maximum absolute atomic E-state index is 5.83. The van der Waals surface area contributed by atoms with Crippen LogP contribution in [0, 0.1) is 0 Å². The summed E-state index contributed by atoms with van der Waals surface area (Å²) in [5, 5.41) is 4.05. The molecule has 0 atom stereocenters. The van der Waals surface area contributed by atoms with Gasteiger partial charge in [-0.15, -0.1) is 11.3 Å². The van der Waals surface area contributed by atoms with E-state index in [1.165, 1.54) is 11.3 Å². The van der Waals surface area contributed by atoms with Gasteiger partial charge in [-0.25, -0.2) is 0 Å². The first-order valence-electron chi connectivity index (χ1n) is 3.72. The van der Waals surface area contributed by atoms with E-state index < -0.39 is 0 Å². The molecule has 0 spiro atoms. The van der Waals surface area contributed by atoms with Crippen LogP contribution < -0.4 is 5.73 Å². The van der Waals surface area contributed by atoms with Crippen LogP contribution in [0.4, 0.5) is 5.82 Å². The van der Waals surface area contributed by atoms with Crippen molar-refractivity contribution in [2.75, 3.05) is 5.73 Å². The maximum atomic E-state index is 5.83. The van der Waals surface area contributed by atoms with Crippen LogP contribution in [0.25, 0.3) is 10.6 Å². The van der Waals surface area contributed by atoms with Crippen molar-refractivity contribution in [3.05, 3.63) is 22.5 Å². The van der Waals surface area contributed by atoms with Gasteiger partial charge >= 0.3 is 0 Å². The lowest BCUT2D eigenvalue weighted by Gasteiger charge is -1.95. The number of rotatable bonds is 1. The van der Waals surface area contributed by atoms with Gasteiger partial charge in [-0.3, -0.25) is 4.68 Å². The number of nitrogen functional groups attached to an aromatic ring is 1. The van der Waals surface area contributed by atoms with Crippen molar-refractivity contribution in [1.29, 1.82) is 0 Å². The Kier molecular flexibility index (Phi) is 2.01. The molecule has 2 aromatic heterocycles. The fourth-order valence-electron chi connectivity index (χ4n) is 1.17. The average molecular weight is 214 g/mol. The summed E-state index contributed by atoms with van der Waals surface area (Å²) in [6.45, 7) is 0. The zero-order valence-electron chi connectivity index (χ0n) is 6.99. The molecule has 0 fully saturated rings. The molecule has 2 rings (SSSR count). The molecule has 0 aliphatic rings. The molecule has 2 N–H and O–H groups in total. The number of hydrogen-bond acceptors (Lipinski definition) is 3. The van der Waals surface area contributed by atoms with Gasteiger partial charge in [-0.1, -0.05) is 11.6 Å². The van der Waals surface area contributed by atoms with Crippen molar-refractivity contribution in [3.8, 4) is 10.6 Å². The van der Waals surface area contributed by atoms with Crippen LogP contribution in [0.2, 0.25) is 4.34 Å². The summed E-state index contributed by atoms with van der Waals surface area (Å²) < 4.78 is 2.52. The first-order valence-corrected chi connectivity index (χ1v) is 4.91. The van der Waals surface area contributed by atoms with Gasteiger partial charge in [0.25, 0.3) is 0 Å². The molecule has 0 radical (unpaired) electrons. The molecule has 0 amide bonds. The molecule has 0 saturated carbocycles. The van der Waals surface area contributed by atoms with E-state index in [1.807, 2.05) is 25.2 Å². The number of nitrogens with zero attached hydrogens (tertiary/aromatic N) is 2. The zero-order valence-corrected chi connectivity index (χ0v) is 8.56. The predicted molar refractivity (Wildman–Crippen MR) is 55.9 cm³/mol. The second-order valence-electron chi connectivity index (χ2n) is 2.68. The van der Waals surface area contributed by atoms with Crippen LogP contribution in [0.3, 0.4) is 0 Å². The fourth-order valence-corrected chi connectivity index (χ4v) is 2.26. The second-order valence-corrected chi connectivity index (χ2v) is 4.40. The highest BCUT2D eigenvalue weighted by Crippen LogP contribution is 2.31. The molecule has 68 valence electrons. The van der Waals surface area contributed by atoms with Crippen LogP contribution in [0.1, 0.15) is 0 Å². The monoisotopic (exact) mass is 213 g/mol. The minimum absolute atomic E-state index is 0.530. The minimum Gasteiger partial charge on any atom is -0.382 e. The van der Waals surface area contributed by atoms with E-state index in [-0.39, 0.29) is 0 Å². The number of nitrogens with two attached hydrogens (primary N) is 1. The molecule has 0 unspecified atom stereocenters. The summed E-state index contributed by atoms with van der Waals surface area (Å²) >= 11 is 7.34. The standard InChI is InChI=1S/C8H8ClN3S/c1-12-5(4-8(10)11-12)6-2-3-7(9)13-6/h2-4H,1H3,(H2,10,11). The van der Waals surface area contributed by atoms with E-state index in [0.717, 1.165) is 14.9 Å². The highest BCUT2D eigenvalue weighted by Gasteiger charge is 2.07. The Balaban J connectivity index is 2.51. The fraction of sp³-hybridized carbons (Fsp3) is 0.125. The highest BCUT2D eigenvalue weighted by atomic mass is 35.5. The molecule has 0 bridgehead atoms. The van der Waals surface area contributed by atoms with Gasteiger partial charge in [0.2, 0.25) is 0 Å². The Morgan fingerprint density at radius 3 is 2.77 bits per heavy atom. The normalized spacial score (nSPS) is 10.6. The third kappa shape index (κ3) is 1.55. The summed E-state index contributed by atoms with van der Waals surface area (Å²) in [4.78, 5) is 1.08. The number of aryl methyl sites for hydroxylation is 1. The molecular formula is C8H8ClN3S. The molecular weight excluding hydrogens is 206 g/mol. The molecule has 0 saturated heterocycles. The molecule has 5 heteroatoms. The van der Waals surface area contributed by atoms with Crippen molar-refractivity contribution in [2.45, 2.75) is 0 Å². The van der Waals surface area contributed by atoms with Gasteiger partial charge in [0.1, 0.15) is 5.82 Å². The highest BCUT2D eigenvalue weighted by molar-refractivity contribution is 7.19. The van der Waals surface area contributed by atoms with Gasteiger partial charge in [0, 0.05) is 13.1 Å². The molecule has 2 aromatic rings. The van der Waals surface area contributed by atoms with Crippen LogP contribution in [-0.4, -0.2) is 9.78 Å². The Morgan fingerprint density at radius 2 is 2.31 bits per heavy atom. The topological polar surface area (TPSA) is 43.8 Å². The van der Waals surface area contributed by atoms with E-state index in [1.54, 1.807) is 4.68 Å². The molecule has 0 aromatic carbocycles. The SMILES string of the molecule is Cn1nc(N)cc1-c1ccc(Cl)s1. The summed E-state index contributed by atoms with van der Waals surface area (Å²) in [5.74, 6) is 0.530. The lowest BCUT2D eigenvalue weighted by Crippen LogP contribution is -1.93. The van der Waals surface area contributed by atoms with Crippen molar-refractivity contribution < 1.29 is 0 Å². The first-order chi connectivity index (χ1) is 6.16. The molecule has 3 nitrogen and oxygen atoms in total. The molecule has 2 heterocycles. The molecule has 0 aliphatic heterocycles. The first kappa shape index (κ1) is 8.59. The second kappa shape index (κ2) is 3.05. The zero-order chi connectivity index (χ0) is 9.42. The van der Waals surface area contributed by atoms with Crippen LogP contribution in [0.5, 0.6) is 0 Å². The van der Waals surface area contributed by atoms with Gasteiger partial charge in [0.15, 0.2) is 0 Å². The van der Waals surface area contributed by atoms with Crippen LogP contribution >= 0.6 is 22.9 Å². The van der Waals surface area contributed by atoms with Crippen LogP contribution in [-0.2, 0) is 7.05 Å². The summed E-state index contributed by atoms with van der Waals surface area (Å²) in [6.07, 6.45) is 0. The molecule has 13 heavy (non-hydrogen) atoms. The van der Waals surface area contributed by atoms with Gasteiger partial charge in [-0.2, -0.15) is 5.10 Å². The Hall–Kier alpha value is -1.000. The van der Waals surface area contributed by atoms with E-state index in [2.05, 4.69) is 5.10 Å². The van der Waals surface area contributed by atoms with Gasteiger partial charge in [-0.05, 0) is 12.1 Å². The van der Waals surface area contributed by atoms with E-state index >= 15 is 0 Å². The van der Waals surface area contributed by atoms with E-state index in [4.69, 9.17) is 17.3 Å². The lowest BCUT2D eigenvalue weighted by atomic mass is 10.3. The summed E-state index contributed by atoms with van der Waals surface area (Å²) in [7, 11) is 1.86. The smallest absolute Gasteiger partial charge is 0.146 e. The van der Waals surface area contributed by atoms with Gasteiger partial charge in [0.05, 0.1) is 14.9 Å². The quantitative estimate of drug-likeness (QED) is 0.791. The number of aromatic nitrogens is 2. The summed E-state index contributed by atoms with van der Waals surface area (Å²) in [5.41, 5.74) is 6.56. The third-order valence-electron chi connectivity index (χ3n) is 1.72. The van der Waals surface area contributed by atoms with Crippen LogP contribution in [0.15, 0.2) is 18.2 Å². The number of anilines is 1. The Labute approximate surface area is 84.7 Å². The average Bonchev–Trinajstić information content (AvgIpc) is 2.58. The van der Waals surface area contributed by atoms with Crippen molar-refractivity contribution in [2.24, 2.45) is 7.05 Å². The Bertz CT molecular complexity index is 432. The largest absolute Gasteiger partial charge is 0.382 e. The molecule has 0 aliphatic carbocycles. The number of halogens is 1. The Morgan fingerprint density at radius 1 is 1.54 bits per heavy atom. The van der Waals surface area contributed by atoms with E-state index in [0.29, 0.717) is 5.82 Å². The van der Waals surface area contributed by atoms with Crippen molar-refractivity contribution in [3.63, 3.8) is 0 Å². The van der Waals surface area contributed by atoms with E-state index in [9.17, 15) is 0 Å². The third-order valence-corrected chi connectivity index (χ3v) is 2.98. The summed E-state index contributed by atoms with van der Waals surface area (Å²) in [6, 6.07) is 5.66. The van der Waals surface area contributed by atoms with Gasteiger partial charge < -0.3 is 5.73 Å². The predicted octanol–water partition coefficient (Wildman–Crippen LogP) is 2.38. The number of hydrogen-bond donors (Lipinski definition) is 1. The van der Waals surface area contributed by atoms with Crippen molar-refractivity contribution in [1.82, 2.24) is 9.78 Å².